The van der Waals surface area contributed by atoms with E-state index in [2.05, 4.69) is 29.0 Å². The molecule has 2 heterocycles. The molecule has 2 rings (SSSR count). The lowest BCUT2D eigenvalue weighted by atomic mass is 9.99. The zero-order valence-electron chi connectivity index (χ0n) is 15.3. The first-order valence-electron chi connectivity index (χ1n) is 8.75. The molecule has 144 valence electrons. The lowest BCUT2D eigenvalue weighted by Crippen LogP contribution is -2.45. The van der Waals surface area contributed by atoms with Crippen LogP contribution < -0.4 is 5.32 Å². The number of piperidine rings is 1. The van der Waals surface area contributed by atoms with Crippen molar-refractivity contribution < 1.29 is 14.3 Å². The van der Waals surface area contributed by atoms with Crippen molar-refractivity contribution in [1.82, 2.24) is 9.88 Å². The number of ether oxygens (including phenoxy) is 1. The minimum Gasteiger partial charge on any atom is -0.466 e. The van der Waals surface area contributed by atoms with Crippen molar-refractivity contribution in [3.8, 4) is 0 Å². The number of nitrogens with one attached hydrogen (secondary N) is 1. The first-order valence-corrected chi connectivity index (χ1v) is 11.0. The largest absolute Gasteiger partial charge is 0.466 e. The molecule has 1 N–H and O–H groups in total. The highest BCUT2D eigenvalue weighted by atomic mass is 32.2. The van der Waals surface area contributed by atoms with Gasteiger partial charge in [0.05, 0.1) is 24.5 Å². The maximum absolute atomic E-state index is 12.2. The number of nitrogens with zero attached hydrogens (tertiary/aromatic N) is 2. The van der Waals surface area contributed by atoms with Gasteiger partial charge in [-0.15, -0.1) is 11.3 Å². The molecule has 9 heteroatoms. The SMILES string of the molecule is CCOC(=O)Cc1csc(NC(=O)CSC(=S)N2C(C)CCCC2C)n1. The second-order valence-corrected chi connectivity index (χ2v) is 8.73. The summed E-state index contributed by atoms with van der Waals surface area (Å²) in [6.45, 7) is 6.47. The van der Waals surface area contributed by atoms with Gasteiger partial charge in [0.15, 0.2) is 5.13 Å². The third-order valence-corrected chi connectivity index (χ3v) is 6.40. The summed E-state index contributed by atoms with van der Waals surface area (Å²) in [4.78, 5) is 30.1. The number of thiazole rings is 1. The third kappa shape index (κ3) is 6.21. The first-order chi connectivity index (χ1) is 12.4. The van der Waals surface area contributed by atoms with Crippen LogP contribution in [0.25, 0.3) is 0 Å². The van der Waals surface area contributed by atoms with Gasteiger partial charge in [-0.3, -0.25) is 9.59 Å². The number of anilines is 1. The van der Waals surface area contributed by atoms with E-state index in [0.29, 0.717) is 29.5 Å². The molecule has 0 saturated carbocycles. The Balaban J connectivity index is 1.79. The van der Waals surface area contributed by atoms with Crippen LogP contribution in [0, 0.1) is 0 Å². The van der Waals surface area contributed by atoms with E-state index in [1.165, 1.54) is 29.5 Å². The van der Waals surface area contributed by atoms with Gasteiger partial charge < -0.3 is 15.0 Å². The monoisotopic (exact) mass is 415 g/mol. The molecular formula is C17H25N3O3S3. The van der Waals surface area contributed by atoms with Crippen LogP contribution in [0.1, 0.15) is 45.7 Å². The van der Waals surface area contributed by atoms with E-state index in [-0.39, 0.29) is 24.1 Å². The maximum Gasteiger partial charge on any atom is 0.311 e. The molecular weight excluding hydrogens is 390 g/mol. The number of thiocarbonyl (C=S) groups is 1. The Labute approximate surface area is 168 Å². The highest BCUT2D eigenvalue weighted by Gasteiger charge is 2.27. The minimum atomic E-state index is -0.318. The Morgan fingerprint density at radius 2 is 2.12 bits per heavy atom. The van der Waals surface area contributed by atoms with E-state index in [4.69, 9.17) is 17.0 Å². The van der Waals surface area contributed by atoms with Crippen molar-refractivity contribution in [3.63, 3.8) is 0 Å². The molecule has 2 atom stereocenters. The van der Waals surface area contributed by atoms with Crippen LogP contribution in [0.4, 0.5) is 5.13 Å². The van der Waals surface area contributed by atoms with Gasteiger partial charge in [-0.05, 0) is 40.0 Å². The van der Waals surface area contributed by atoms with E-state index in [9.17, 15) is 9.59 Å². The zero-order chi connectivity index (χ0) is 19.1. The van der Waals surface area contributed by atoms with Crippen LogP contribution in [0.2, 0.25) is 0 Å². The molecule has 0 bridgehead atoms. The Morgan fingerprint density at radius 1 is 1.42 bits per heavy atom. The molecule has 0 radical (unpaired) electrons. The van der Waals surface area contributed by atoms with E-state index >= 15 is 0 Å². The molecule has 1 aromatic rings. The molecule has 26 heavy (non-hydrogen) atoms. The predicted octanol–water partition coefficient (Wildman–Crippen LogP) is 3.47. The molecule has 0 aliphatic carbocycles. The predicted molar refractivity (Wildman–Crippen MR) is 111 cm³/mol. The van der Waals surface area contributed by atoms with Gasteiger partial charge in [0.25, 0.3) is 0 Å². The molecule has 0 spiro atoms. The van der Waals surface area contributed by atoms with Gasteiger partial charge in [-0.1, -0.05) is 24.0 Å². The van der Waals surface area contributed by atoms with Crippen molar-refractivity contribution in [3.05, 3.63) is 11.1 Å². The molecule has 6 nitrogen and oxygen atoms in total. The summed E-state index contributed by atoms with van der Waals surface area (Å²) >= 11 is 8.22. The van der Waals surface area contributed by atoms with E-state index in [1.54, 1.807) is 12.3 Å². The fourth-order valence-corrected chi connectivity index (χ4v) is 5.04. The fraction of sp³-hybridized carbons (Fsp3) is 0.647. The van der Waals surface area contributed by atoms with Crippen molar-refractivity contribution >= 4 is 56.6 Å². The number of hydrogen-bond acceptors (Lipinski definition) is 7. The maximum atomic E-state index is 12.2. The number of carbonyl (C=O) groups is 2. The first kappa shape index (κ1) is 21.1. The fourth-order valence-electron chi connectivity index (χ4n) is 2.94. The zero-order valence-corrected chi connectivity index (χ0v) is 17.8. The molecule has 0 aromatic carbocycles. The number of esters is 1. The number of thioether (sulfide) groups is 1. The number of likely N-dealkylation sites (tertiary alicyclic amines) is 1. The summed E-state index contributed by atoms with van der Waals surface area (Å²) in [7, 11) is 0. The average Bonchev–Trinajstić information content (AvgIpc) is 2.99. The standard InChI is InChI=1S/C17H25N3O3S3/c1-4-23-15(22)8-13-9-25-16(18-13)19-14(21)10-26-17(24)20-11(2)6-5-7-12(20)3/h9,11-12H,4-8,10H2,1-3H3,(H,18,19,21). The number of rotatable bonds is 6. The topological polar surface area (TPSA) is 71.5 Å². The summed E-state index contributed by atoms with van der Waals surface area (Å²) in [6, 6.07) is 0.845. The van der Waals surface area contributed by atoms with Crippen molar-refractivity contribution in [2.75, 3.05) is 17.7 Å². The smallest absolute Gasteiger partial charge is 0.311 e. The Kier molecular flexibility index (Phi) is 8.30. The van der Waals surface area contributed by atoms with Crippen LogP contribution in [-0.2, 0) is 20.7 Å². The molecule has 1 fully saturated rings. The van der Waals surface area contributed by atoms with Gasteiger partial charge in [0.2, 0.25) is 5.91 Å². The van der Waals surface area contributed by atoms with Gasteiger partial charge in [0, 0.05) is 17.5 Å². The van der Waals surface area contributed by atoms with E-state index in [1.807, 2.05) is 0 Å². The lowest BCUT2D eigenvalue weighted by Gasteiger charge is -2.40. The lowest BCUT2D eigenvalue weighted by molar-refractivity contribution is -0.142. The van der Waals surface area contributed by atoms with Gasteiger partial charge in [-0.25, -0.2) is 4.98 Å². The molecule has 2 unspecified atom stereocenters. The van der Waals surface area contributed by atoms with Crippen molar-refractivity contribution in [1.29, 1.82) is 0 Å². The molecule has 1 aromatic heterocycles. The molecule has 1 amide bonds. The van der Waals surface area contributed by atoms with Crippen molar-refractivity contribution in [2.24, 2.45) is 0 Å². The van der Waals surface area contributed by atoms with Crippen LogP contribution in [-0.4, -0.2) is 50.5 Å². The van der Waals surface area contributed by atoms with Gasteiger partial charge in [-0.2, -0.15) is 0 Å². The Bertz CT molecular complexity index is 640. The molecule has 1 aliphatic rings. The van der Waals surface area contributed by atoms with E-state index in [0.717, 1.165) is 17.2 Å². The van der Waals surface area contributed by atoms with Crippen molar-refractivity contribution in [2.45, 2.75) is 58.5 Å². The van der Waals surface area contributed by atoms with Crippen LogP contribution >= 0.6 is 35.3 Å². The summed E-state index contributed by atoms with van der Waals surface area (Å²) in [6.07, 6.45) is 3.62. The van der Waals surface area contributed by atoms with Crippen LogP contribution in [0.3, 0.4) is 0 Å². The number of hydrogen-bond donors (Lipinski definition) is 1. The minimum absolute atomic E-state index is 0.115. The molecule has 1 aliphatic heterocycles. The summed E-state index contributed by atoms with van der Waals surface area (Å²) in [5.41, 5.74) is 0.600. The Morgan fingerprint density at radius 3 is 2.77 bits per heavy atom. The van der Waals surface area contributed by atoms with Crippen LogP contribution in [0.5, 0.6) is 0 Å². The van der Waals surface area contributed by atoms with Crippen LogP contribution in [0.15, 0.2) is 5.38 Å². The third-order valence-electron chi connectivity index (χ3n) is 4.16. The van der Waals surface area contributed by atoms with Gasteiger partial charge >= 0.3 is 5.97 Å². The van der Waals surface area contributed by atoms with Gasteiger partial charge in [0.1, 0.15) is 4.32 Å². The highest BCUT2D eigenvalue weighted by molar-refractivity contribution is 8.23. The second kappa shape index (κ2) is 10.2. The average molecular weight is 416 g/mol. The number of amides is 1. The second-order valence-electron chi connectivity index (χ2n) is 6.26. The van der Waals surface area contributed by atoms with E-state index < -0.39 is 0 Å². The highest BCUT2D eigenvalue weighted by Crippen LogP contribution is 2.26. The number of aromatic nitrogens is 1. The summed E-state index contributed by atoms with van der Waals surface area (Å²) in [5.74, 6) is -0.213. The normalized spacial score (nSPS) is 19.9. The number of carbonyl (C=O) groups excluding carboxylic acids is 2. The Hall–Kier alpha value is -1.19. The quantitative estimate of drug-likeness (QED) is 0.563. The summed E-state index contributed by atoms with van der Waals surface area (Å²) in [5, 5.41) is 5.00. The molecule has 1 saturated heterocycles. The summed E-state index contributed by atoms with van der Waals surface area (Å²) < 4.78 is 5.67.